The normalized spacial score (nSPS) is 14.6. The summed E-state index contributed by atoms with van der Waals surface area (Å²) in [5.41, 5.74) is 5.20. The number of carbonyl (C=O) groups is 1. The Balaban J connectivity index is 1.80. The molecule has 1 aromatic carbocycles. The molecule has 146 valence electrons. The summed E-state index contributed by atoms with van der Waals surface area (Å²) in [5, 5.41) is 6.86. The Hall–Kier alpha value is -2.95. The molecule has 2 N–H and O–H groups in total. The molecule has 0 aliphatic heterocycles. The number of hydrogen-bond acceptors (Lipinski definition) is 5. The van der Waals surface area contributed by atoms with Gasteiger partial charge in [0.2, 0.25) is 5.95 Å². The van der Waals surface area contributed by atoms with E-state index in [2.05, 4.69) is 33.8 Å². The summed E-state index contributed by atoms with van der Waals surface area (Å²) in [6.07, 6.45) is 7.73. The third-order valence-corrected chi connectivity index (χ3v) is 5.11. The molecule has 1 aliphatic carbocycles. The van der Waals surface area contributed by atoms with Gasteiger partial charge in [-0.2, -0.15) is 4.98 Å². The lowest BCUT2D eigenvalue weighted by atomic mass is 9.92. The summed E-state index contributed by atoms with van der Waals surface area (Å²) in [7, 11) is 0. The van der Waals surface area contributed by atoms with Crippen LogP contribution in [0.3, 0.4) is 0 Å². The van der Waals surface area contributed by atoms with Gasteiger partial charge in [-0.3, -0.25) is 4.79 Å². The lowest BCUT2D eigenvalue weighted by Gasteiger charge is -2.24. The van der Waals surface area contributed by atoms with Gasteiger partial charge in [0.05, 0.1) is 0 Å². The smallest absolute Gasteiger partial charge is 0.224 e. The van der Waals surface area contributed by atoms with Crippen molar-refractivity contribution in [3.63, 3.8) is 0 Å². The number of nitrogens with zero attached hydrogens (tertiary/aromatic N) is 2. The van der Waals surface area contributed by atoms with Crippen LogP contribution in [-0.2, 0) is 11.2 Å². The van der Waals surface area contributed by atoms with Crippen molar-refractivity contribution in [2.45, 2.75) is 52.0 Å². The number of aryl methyl sites for hydroxylation is 2. The van der Waals surface area contributed by atoms with Crippen LogP contribution in [0, 0.1) is 13.8 Å². The lowest BCUT2D eigenvalue weighted by Crippen LogP contribution is -2.24. The molecule has 0 amide bonds. The lowest BCUT2D eigenvalue weighted by molar-refractivity contribution is -0.114. The molecule has 0 saturated heterocycles. The number of allylic oxidation sites excluding steroid dienone is 2. The van der Waals surface area contributed by atoms with Crippen LogP contribution in [0.4, 0.5) is 17.5 Å². The maximum absolute atomic E-state index is 11.8. The van der Waals surface area contributed by atoms with E-state index in [4.69, 9.17) is 0 Å². The molecule has 0 atom stereocenters. The maximum Gasteiger partial charge on any atom is 0.224 e. The summed E-state index contributed by atoms with van der Waals surface area (Å²) in [6.45, 7) is 11.6. The summed E-state index contributed by atoms with van der Waals surface area (Å²) in [5.74, 6) is 1.37. The largest absolute Gasteiger partial charge is 0.351 e. The van der Waals surface area contributed by atoms with Gasteiger partial charge in [-0.15, -0.1) is 0 Å². The number of hydrogen-bond donors (Lipinski definition) is 2. The third kappa shape index (κ3) is 5.06. The summed E-state index contributed by atoms with van der Waals surface area (Å²) in [4.78, 5) is 21.0. The molecule has 3 rings (SSSR count). The van der Waals surface area contributed by atoms with Crippen LogP contribution in [0.5, 0.6) is 0 Å². The van der Waals surface area contributed by atoms with Crippen molar-refractivity contribution in [2.24, 2.45) is 0 Å². The highest BCUT2D eigenvalue weighted by molar-refractivity contribution is 5.92. The Morgan fingerprint density at radius 3 is 2.75 bits per heavy atom. The molecule has 5 heteroatoms. The zero-order valence-corrected chi connectivity index (χ0v) is 16.7. The van der Waals surface area contributed by atoms with Crippen LogP contribution in [0.1, 0.15) is 42.4 Å². The number of ketones is 1. The minimum Gasteiger partial charge on any atom is -0.351 e. The van der Waals surface area contributed by atoms with Crippen molar-refractivity contribution in [1.29, 1.82) is 0 Å². The highest BCUT2D eigenvalue weighted by Gasteiger charge is 2.17. The average Bonchev–Trinajstić information content (AvgIpc) is 2.68. The second-order valence-electron chi connectivity index (χ2n) is 7.53. The van der Waals surface area contributed by atoms with Crippen LogP contribution in [0.2, 0.25) is 0 Å². The van der Waals surface area contributed by atoms with Crippen LogP contribution in [-0.4, -0.2) is 21.8 Å². The van der Waals surface area contributed by atoms with E-state index in [-0.39, 0.29) is 5.78 Å². The van der Waals surface area contributed by atoms with Crippen molar-refractivity contribution >= 4 is 23.2 Å². The molecule has 1 aliphatic rings. The van der Waals surface area contributed by atoms with E-state index in [1.165, 1.54) is 11.6 Å². The van der Waals surface area contributed by atoms with Crippen molar-refractivity contribution in [3.8, 4) is 0 Å². The summed E-state index contributed by atoms with van der Waals surface area (Å²) >= 11 is 0. The van der Waals surface area contributed by atoms with Gasteiger partial charge in [0, 0.05) is 29.9 Å². The van der Waals surface area contributed by atoms with Gasteiger partial charge in [-0.05, 0) is 62.8 Å². The fourth-order valence-corrected chi connectivity index (χ4v) is 3.34. The number of anilines is 3. The predicted octanol–water partition coefficient (Wildman–Crippen LogP) is 5.05. The van der Waals surface area contributed by atoms with Gasteiger partial charge < -0.3 is 10.6 Å². The first-order valence-electron chi connectivity index (χ1n) is 9.73. The molecule has 0 spiro atoms. The zero-order chi connectivity index (χ0) is 20.1. The van der Waals surface area contributed by atoms with E-state index < -0.39 is 0 Å². The highest BCUT2D eigenvalue weighted by Crippen LogP contribution is 2.27. The SMILES string of the molecule is C=CC(=O)Cc1ccc(C)cc1Nc1nc(NC2CCC(=C)CC2)ncc1C. The molecule has 5 nitrogen and oxygen atoms in total. The number of benzene rings is 1. The second-order valence-corrected chi connectivity index (χ2v) is 7.53. The molecule has 2 aromatic rings. The Bertz CT molecular complexity index is 893. The minimum absolute atomic E-state index is 0.00689. The van der Waals surface area contributed by atoms with E-state index in [1.54, 1.807) is 0 Å². The standard InChI is InChI=1S/C23H28N4O/c1-5-20(28)13-18-9-6-16(3)12-21(18)26-22-17(4)14-24-23(27-22)25-19-10-7-15(2)8-11-19/h5-6,9,12,14,19H,1-2,7-8,10-11,13H2,3-4H3,(H2,24,25,26,27). The zero-order valence-electron chi connectivity index (χ0n) is 16.7. The third-order valence-electron chi connectivity index (χ3n) is 5.11. The number of carbonyl (C=O) groups excluding carboxylic acids is 1. The minimum atomic E-state index is -0.00689. The van der Waals surface area contributed by atoms with Crippen LogP contribution >= 0.6 is 0 Å². The number of nitrogens with one attached hydrogen (secondary N) is 2. The topological polar surface area (TPSA) is 66.9 Å². The molecule has 0 radical (unpaired) electrons. The van der Waals surface area contributed by atoms with Crippen LogP contribution < -0.4 is 10.6 Å². The highest BCUT2D eigenvalue weighted by atomic mass is 16.1. The van der Waals surface area contributed by atoms with Gasteiger partial charge in [-0.25, -0.2) is 4.98 Å². The molecular formula is C23H28N4O. The van der Waals surface area contributed by atoms with Crippen molar-refractivity contribution < 1.29 is 4.79 Å². The maximum atomic E-state index is 11.8. The molecule has 28 heavy (non-hydrogen) atoms. The second kappa shape index (κ2) is 8.83. The first kappa shape index (κ1) is 19.8. The van der Waals surface area contributed by atoms with Crippen molar-refractivity contribution in [1.82, 2.24) is 9.97 Å². The first-order chi connectivity index (χ1) is 13.4. The monoisotopic (exact) mass is 376 g/mol. The van der Waals surface area contributed by atoms with Gasteiger partial charge in [0.25, 0.3) is 0 Å². The molecule has 0 unspecified atom stereocenters. The summed E-state index contributed by atoms with van der Waals surface area (Å²) < 4.78 is 0. The van der Waals surface area contributed by atoms with E-state index in [0.29, 0.717) is 18.4 Å². The number of rotatable bonds is 7. The molecule has 1 saturated carbocycles. The molecule has 0 bridgehead atoms. The first-order valence-corrected chi connectivity index (χ1v) is 9.73. The Morgan fingerprint density at radius 1 is 1.29 bits per heavy atom. The van der Waals surface area contributed by atoms with E-state index in [9.17, 15) is 4.79 Å². The average molecular weight is 377 g/mol. The Kier molecular flexibility index (Phi) is 6.24. The van der Waals surface area contributed by atoms with Gasteiger partial charge in [0.15, 0.2) is 5.78 Å². The van der Waals surface area contributed by atoms with E-state index >= 15 is 0 Å². The van der Waals surface area contributed by atoms with Crippen molar-refractivity contribution in [2.75, 3.05) is 10.6 Å². The predicted molar refractivity (Wildman–Crippen MR) is 115 cm³/mol. The molecule has 1 fully saturated rings. The molecule has 1 heterocycles. The molecular weight excluding hydrogens is 348 g/mol. The Morgan fingerprint density at radius 2 is 2.04 bits per heavy atom. The van der Waals surface area contributed by atoms with Crippen molar-refractivity contribution in [3.05, 3.63) is 65.9 Å². The molecule has 1 aromatic heterocycles. The number of aromatic nitrogens is 2. The van der Waals surface area contributed by atoms with Crippen LogP contribution in [0.15, 0.2) is 49.2 Å². The quantitative estimate of drug-likeness (QED) is 0.523. The van der Waals surface area contributed by atoms with Gasteiger partial charge in [0.1, 0.15) is 5.82 Å². The van der Waals surface area contributed by atoms with E-state index in [1.807, 2.05) is 38.2 Å². The van der Waals surface area contributed by atoms with Gasteiger partial charge in [-0.1, -0.05) is 30.9 Å². The fraction of sp³-hybridized carbons (Fsp3) is 0.348. The van der Waals surface area contributed by atoms with E-state index in [0.717, 1.165) is 53.9 Å². The van der Waals surface area contributed by atoms with Gasteiger partial charge >= 0.3 is 0 Å². The summed E-state index contributed by atoms with van der Waals surface area (Å²) in [6, 6.07) is 6.39. The van der Waals surface area contributed by atoms with Crippen LogP contribution in [0.25, 0.3) is 0 Å². The Labute approximate surface area is 167 Å². The fourth-order valence-electron chi connectivity index (χ4n) is 3.34.